The fourth-order valence-electron chi connectivity index (χ4n) is 3.01. The quantitative estimate of drug-likeness (QED) is 0.907. The van der Waals surface area contributed by atoms with Gasteiger partial charge in [-0.05, 0) is 44.4 Å². The highest BCUT2D eigenvalue weighted by Gasteiger charge is 2.38. The number of carbonyl (C=O) groups is 1. The molecule has 0 unspecified atom stereocenters. The molecule has 2 heterocycles. The summed E-state index contributed by atoms with van der Waals surface area (Å²) in [4.78, 5) is 22.3. The van der Waals surface area contributed by atoms with Crippen molar-refractivity contribution in [2.24, 2.45) is 5.92 Å². The molecule has 5 nitrogen and oxygen atoms in total. The van der Waals surface area contributed by atoms with E-state index in [1.54, 1.807) is 0 Å². The SMILES string of the molecule is Nc1nc(N2CCCC2)sc1C(=O)N(CC1CC1)C1CC1. The Morgan fingerprint density at radius 3 is 2.62 bits per heavy atom. The Labute approximate surface area is 129 Å². The fourth-order valence-corrected chi connectivity index (χ4v) is 4.00. The van der Waals surface area contributed by atoms with Crippen LogP contribution in [0.5, 0.6) is 0 Å². The van der Waals surface area contributed by atoms with Gasteiger partial charge >= 0.3 is 0 Å². The van der Waals surface area contributed by atoms with Crippen molar-refractivity contribution in [2.75, 3.05) is 30.3 Å². The summed E-state index contributed by atoms with van der Waals surface area (Å²) in [6.07, 6.45) is 7.25. The molecule has 1 saturated heterocycles. The molecule has 0 aromatic carbocycles. The number of nitrogen functional groups attached to an aromatic ring is 1. The molecule has 3 aliphatic rings. The van der Waals surface area contributed by atoms with Crippen molar-refractivity contribution in [3.8, 4) is 0 Å². The lowest BCUT2D eigenvalue weighted by Crippen LogP contribution is -2.34. The molecule has 1 amide bonds. The number of aromatic nitrogens is 1. The van der Waals surface area contributed by atoms with Gasteiger partial charge in [0.2, 0.25) is 0 Å². The number of thiazole rings is 1. The number of carbonyl (C=O) groups excluding carboxylic acids is 1. The maximum atomic E-state index is 12.8. The van der Waals surface area contributed by atoms with Crippen LogP contribution in [0.3, 0.4) is 0 Å². The van der Waals surface area contributed by atoms with Crippen LogP contribution < -0.4 is 10.6 Å². The Balaban J connectivity index is 1.54. The van der Waals surface area contributed by atoms with Crippen molar-refractivity contribution in [3.05, 3.63) is 4.88 Å². The molecule has 1 aliphatic heterocycles. The molecule has 0 spiro atoms. The number of hydrogen-bond acceptors (Lipinski definition) is 5. The molecule has 114 valence electrons. The normalized spacial score (nSPS) is 21.8. The molecule has 1 aromatic heterocycles. The van der Waals surface area contributed by atoms with Crippen LogP contribution in [0.1, 0.15) is 48.2 Å². The van der Waals surface area contributed by atoms with E-state index in [0.29, 0.717) is 16.7 Å². The van der Waals surface area contributed by atoms with Gasteiger partial charge in [-0.1, -0.05) is 11.3 Å². The van der Waals surface area contributed by atoms with Crippen LogP contribution in [0.15, 0.2) is 0 Å². The maximum absolute atomic E-state index is 12.8. The van der Waals surface area contributed by atoms with Crippen molar-refractivity contribution in [1.82, 2.24) is 9.88 Å². The van der Waals surface area contributed by atoms with Crippen molar-refractivity contribution in [2.45, 2.75) is 44.6 Å². The maximum Gasteiger partial charge on any atom is 0.268 e. The lowest BCUT2D eigenvalue weighted by molar-refractivity contribution is 0.0740. The van der Waals surface area contributed by atoms with Gasteiger partial charge in [-0.25, -0.2) is 4.98 Å². The minimum atomic E-state index is 0.116. The average molecular weight is 306 g/mol. The van der Waals surface area contributed by atoms with Crippen LogP contribution in [0.2, 0.25) is 0 Å². The summed E-state index contributed by atoms with van der Waals surface area (Å²) in [5.41, 5.74) is 6.04. The van der Waals surface area contributed by atoms with E-state index in [-0.39, 0.29) is 5.91 Å². The first-order valence-electron chi connectivity index (χ1n) is 8.04. The monoisotopic (exact) mass is 306 g/mol. The van der Waals surface area contributed by atoms with E-state index in [0.717, 1.165) is 43.5 Å². The zero-order valence-electron chi connectivity index (χ0n) is 12.3. The number of nitrogens with zero attached hydrogens (tertiary/aromatic N) is 3. The number of amides is 1. The van der Waals surface area contributed by atoms with Gasteiger partial charge in [0.15, 0.2) is 5.13 Å². The third kappa shape index (κ3) is 2.73. The van der Waals surface area contributed by atoms with Crippen molar-refractivity contribution in [3.63, 3.8) is 0 Å². The van der Waals surface area contributed by atoms with Gasteiger partial charge < -0.3 is 15.5 Å². The second kappa shape index (κ2) is 5.16. The Morgan fingerprint density at radius 2 is 2.00 bits per heavy atom. The van der Waals surface area contributed by atoms with E-state index in [2.05, 4.69) is 14.8 Å². The van der Waals surface area contributed by atoms with E-state index in [1.807, 2.05) is 0 Å². The summed E-state index contributed by atoms with van der Waals surface area (Å²) < 4.78 is 0. The molecule has 2 saturated carbocycles. The second-order valence-electron chi connectivity index (χ2n) is 6.54. The van der Waals surface area contributed by atoms with Gasteiger partial charge in [-0.2, -0.15) is 0 Å². The van der Waals surface area contributed by atoms with Crippen molar-refractivity contribution in [1.29, 1.82) is 0 Å². The van der Waals surface area contributed by atoms with Crippen LogP contribution in [-0.2, 0) is 0 Å². The molecule has 21 heavy (non-hydrogen) atoms. The summed E-state index contributed by atoms with van der Waals surface area (Å²) in [5, 5.41) is 0.926. The molecule has 0 atom stereocenters. The van der Waals surface area contributed by atoms with Gasteiger partial charge in [0.1, 0.15) is 10.7 Å². The van der Waals surface area contributed by atoms with Crippen LogP contribution in [0, 0.1) is 5.92 Å². The summed E-state index contributed by atoms with van der Waals surface area (Å²) >= 11 is 1.48. The zero-order chi connectivity index (χ0) is 14.4. The highest BCUT2D eigenvalue weighted by molar-refractivity contribution is 7.18. The predicted molar refractivity (Wildman–Crippen MR) is 84.8 cm³/mol. The van der Waals surface area contributed by atoms with E-state index in [9.17, 15) is 4.79 Å². The van der Waals surface area contributed by atoms with E-state index in [4.69, 9.17) is 5.73 Å². The lowest BCUT2D eigenvalue weighted by atomic mass is 10.3. The molecule has 0 radical (unpaired) electrons. The van der Waals surface area contributed by atoms with E-state index >= 15 is 0 Å². The zero-order valence-corrected chi connectivity index (χ0v) is 13.1. The molecule has 2 aliphatic carbocycles. The highest BCUT2D eigenvalue weighted by atomic mass is 32.1. The third-order valence-corrected chi connectivity index (χ3v) is 5.73. The van der Waals surface area contributed by atoms with Crippen LogP contribution in [0.4, 0.5) is 10.9 Å². The predicted octanol–water partition coefficient (Wildman–Crippen LogP) is 2.34. The molecule has 1 aromatic rings. The number of hydrogen-bond donors (Lipinski definition) is 1. The summed E-state index contributed by atoms with van der Waals surface area (Å²) in [6, 6.07) is 0.454. The van der Waals surface area contributed by atoms with Gasteiger partial charge in [0.25, 0.3) is 5.91 Å². The van der Waals surface area contributed by atoms with Crippen molar-refractivity contribution >= 4 is 28.2 Å². The molecule has 0 bridgehead atoms. The van der Waals surface area contributed by atoms with Gasteiger partial charge in [0.05, 0.1) is 0 Å². The minimum Gasteiger partial charge on any atom is -0.382 e. The first-order valence-corrected chi connectivity index (χ1v) is 8.86. The van der Waals surface area contributed by atoms with Gasteiger partial charge in [-0.3, -0.25) is 4.79 Å². The van der Waals surface area contributed by atoms with E-state index < -0.39 is 0 Å². The minimum absolute atomic E-state index is 0.116. The molecule has 6 heteroatoms. The standard InChI is InChI=1S/C15H22N4OS/c16-13-12(21-15(17-13)18-7-1-2-8-18)14(20)19(11-5-6-11)9-10-3-4-10/h10-11H,1-9,16H2. The Bertz CT molecular complexity index is 544. The van der Waals surface area contributed by atoms with Crippen LogP contribution in [-0.4, -0.2) is 41.5 Å². The second-order valence-corrected chi connectivity index (χ2v) is 7.51. The first kappa shape index (κ1) is 13.4. The Hall–Kier alpha value is -1.30. The van der Waals surface area contributed by atoms with Crippen LogP contribution in [0.25, 0.3) is 0 Å². The van der Waals surface area contributed by atoms with Crippen LogP contribution >= 0.6 is 11.3 Å². The molecule has 3 fully saturated rings. The van der Waals surface area contributed by atoms with Gasteiger partial charge in [0, 0.05) is 25.7 Å². The largest absolute Gasteiger partial charge is 0.382 e. The first-order chi connectivity index (χ1) is 10.2. The number of nitrogens with two attached hydrogens (primary N) is 1. The van der Waals surface area contributed by atoms with E-state index in [1.165, 1.54) is 37.0 Å². The average Bonchev–Trinajstić information content (AvgIpc) is 3.38. The lowest BCUT2D eigenvalue weighted by Gasteiger charge is -2.21. The summed E-state index contributed by atoms with van der Waals surface area (Å²) in [7, 11) is 0. The van der Waals surface area contributed by atoms with Gasteiger partial charge in [-0.15, -0.1) is 0 Å². The van der Waals surface area contributed by atoms with Crippen molar-refractivity contribution < 1.29 is 4.79 Å². The Morgan fingerprint density at radius 1 is 1.29 bits per heavy atom. The third-order valence-electron chi connectivity index (χ3n) is 4.61. The molecule has 2 N–H and O–H groups in total. The Kier molecular flexibility index (Phi) is 3.28. The fraction of sp³-hybridized carbons (Fsp3) is 0.733. The topological polar surface area (TPSA) is 62.5 Å². The summed E-state index contributed by atoms with van der Waals surface area (Å²) in [5.74, 6) is 1.26. The molecule has 4 rings (SSSR count). The number of rotatable bonds is 5. The number of anilines is 2. The molecular weight excluding hydrogens is 284 g/mol. The molecular formula is C15H22N4OS. The smallest absolute Gasteiger partial charge is 0.268 e. The summed E-state index contributed by atoms with van der Waals surface area (Å²) in [6.45, 7) is 2.99. The highest BCUT2D eigenvalue weighted by Crippen LogP contribution is 2.38.